The molecule has 0 spiro atoms. The minimum absolute atomic E-state index is 1.38. The summed E-state index contributed by atoms with van der Waals surface area (Å²) in [4.78, 5) is 20.8. The number of oxime groups is 1. The van der Waals surface area contributed by atoms with E-state index < -0.39 is 0 Å². The highest BCUT2D eigenvalue weighted by molar-refractivity contribution is 5.70. The molecule has 10 nitrogen and oxygen atoms in total. The smallest absolute Gasteiger partial charge is 0.180 e. The highest BCUT2D eigenvalue weighted by Gasteiger charge is 1.77. The zero-order chi connectivity index (χ0) is 16.3. The van der Waals surface area contributed by atoms with Crippen LogP contribution in [-0.2, 0) is 19.6 Å². The molecule has 0 fully saturated rings. The van der Waals surface area contributed by atoms with Crippen molar-refractivity contribution in [3.05, 3.63) is 68.1 Å². The number of hydrogen-bond acceptors (Lipinski definition) is 10. The van der Waals surface area contributed by atoms with E-state index in [-0.39, 0.29) is 0 Å². The van der Waals surface area contributed by atoms with E-state index in [0.717, 1.165) is 0 Å². The lowest BCUT2D eigenvalue weighted by atomic mass is 10.6. The van der Waals surface area contributed by atoms with E-state index in [4.69, 9.17) is 0 Å². The number of aromatic nitrogens is 1. The molecule has 3 aliphatic rings. The van der Waals surface area contributed by atoms with Crippen LogP contribution < -0.4 is 11.1 Å². The Morgan fingerprint density at radius 2 is 1.78 bits per heavy atom. The van der Waals surface area contributed by atoms with Crippen molar-refractivity contribution >= 4 is 12.4 Å². The van der Waals surface area contributed by atoms with Gasteiger partial charge in [0.2, 0.25) is 0 Å². The Labute approximate surface area is 131 Å². The third-order valence-corrected chi connectivity index (χ3v) is 1.62. The van der Waals surface area contributed by atoms with E-state index in [9.17, 15) is 0 Å². The van der Waals surface area contributed by atoms with Gasteiger partial charge >= 0.3 is 0 Å². The Bertz CT molecular complexity index is 427. The predicted octanol–water partition coefficient (Wildman–Crippen LogP) is 1.69. The Morgan fingerprint density at radius 3 is 1.96 bits per heavy atom. The normalized spacial score (nSPS) is 14.3. The summed E-state index contributed by atoms with van der Waals surface area (Å²) < 4.78 is 4.47. The molecule has 3 aliphatic heterocycles. The van der Waals surface area contributed by atoms with E-state index in [0.29, 0.717) is 0 Å². The van der Waals surface area contributed by atoms with Crippen molar-refractivity contribution < 1.29 is 24.0 Å². The second-order valence-electron chi connectivity index (χ2n) is 3.17. The molecule has 4 heterocycles. The first-order valence-electron chi connectivity index (χ1n) is 6.15. The average molecular weight is 321 g/mol. The van der Waals surface area contributed by atoms with Crippen LogP contribution in [0.4, 0.5) is 0 Å². The maximum absolute atomic E-state index is 4.55. The maximum Gasteiger partial charge on any atom is 0.180 e. The molecule has 23 heavy (non-hydrogen) atoms. The largest absolute Gasteiger partial charge is 0.452 e. The number of oxazole rings is 1. The van der Waals surface area contributed by atoms with E-state index in [1.54, 1.807) is 43.1 Å². The molecule has 0 bridgehead atoms. The summed E-state index contributed by atoms with van der Waals surface area (Å²) in [5.41, 5.74) is 4.78. The van der Waals surface area contributed by atoms with Gasteiger partial charge in [0, 0.05) is 6.20 Å². The number of nitrogens with one attached hydrogen (secondary N) is 2. The van der Waals surface area contributed by atoms with Crippen molar-refractivity contribution in [3.63, 3.8) is 0 Å². The molecular weight excluding hydrogens is 306 g/mol. The molecule has 1 aromatic rings. The fourth-order valence-corrected chi connectivity index (χ4v) is 0.819. The number of hydroxylamine groups is 1. The summed E-state index contributed by atoms with van der Waals surface area (Å²) >= 11 is 0. The average Bonchev–Trinajstić information content (AvgIpc) is 3.27. The zero-order valence-electron chi connectivity index (χ0n) is 11.9. The summed E-state index contributed by atoms with van der Waals surface area (Å²) in [5.74, 6) is 0. The van der Waals surface area contributed by atoms with Crippen molar-refractivity contribution in [3.8, 4) is 0 Å². The molecule has 0 unspecified atom stereocenters. The fourth-order valence-electron chi connectivity index (χ4n) is 0.819. The van der Waals surface area contributed by atoms with Gasteiger partial charge in [0.25, 0.3) is 0 Å². The zero-order valence-corrected chi connectivity index (χ0v) is 11.9. The van der Waals surface area contributed by atoms with Gasteiger partial charge < -0.3 is 14.1 Å². The minimum atomic E-state index is 1.38. The summed E-state index contributed by atoms with van der Waals surface area (Å²) in [6.45, 7) is 0. The van der Waals surface area contributed by atoms with Crippen LogP contribution in [0.1, 0.15) is 0 Å². The minimum Gasteiger partial charge on any atom is -0.452 e. The Morgan fingerprint density at radius 1 is 0.870 bits per heavy atom. The Balaban J connectivity index is 0.000000154. The Kier molecular flexibility index (Phi) is 11.1. The third kappa shape index (κ3) is 13.1. The van der Waals surface area contributed by atoms with Crippen LogP contribution in [0.15, 0.2) is 82.8 Å². The molecule has 0 aliphatic carbocycles. The molecule has 4 rings (SSSR count). The van der Waals surface area contributed by atoms with Gasteiger partial charge in [0.05, 0.1) is 18.6 Å². The highest BCUT2D eigenvalue weighted by Crippen LogP contribution is 1.84. The molecule has 0 saturated heterocycles. The molecule has 2 N–H and O–H groups in total. The molecule has 0 amide bonds. The van der Waals surface area contributed by atoms with Gasteiger partial charge in [-0.1, -0.05) is 0 Å². The van der Waals surface area contributed by atoms with Crippen molar-refractivity contribution in [2.24, 2.45) is 10.3 Å². The molecule has 1 aromatic heterocycles. The van der Waals surface area contributed by atoms with Crippen molar-refractivity contribution in [1.82, 2.24) is 16.1 Å². The van der Waals surface area contributed by atoms with Crippen LogP contribution in [0.5, 0.6) is 0 Å². The third-order valence-electron chi connectivity index (χ3n) is 1.62. The van der Waals surface area contributed by atoms with Crippen LogP contribution in [0.2, 0.25) is 0 Å². The van der Waals surface area contributed by atoms with E-state index in [1.807, 2.05) is 6.08 Å². The quantitative estimate of drug-likeness (QED) is 0.694. The lowest BCUT2D eigenvalue weighted by Gasteiger charge is -1.97. The van der Waals surface area contributed by atoms with E-state index in [1.165, 1.54) is 31.4 Å². The molecule has 0 saturated carbocycles. The van der Waals surface area contributed by atoms with Crippen LogP contribution in [-0.4, -0.2) is 17.4 Å². The van der Waals surface area contributed by atoms with Gasteiger partial charge in [-0.25, -0.2) is 10.5 Å². The standard InChI is InChI=1S/C4H5NO.C3H4N2O.C3H3NO2.C3H3NO/c1-2-4-6-5-3-1;1-2-4-5-6-3-1;1-2-4-6-5-3-1;1-2-5-3-4-1/h1-5H;1-3,5H;1-3H;1-3H. The molecule has 0 atom stereocenters. The van der Waals surface area contributed by atoms with Crippen molar-refractivity contribution in [2.75, 3.05) is 0 Å². The maximum atomic E-state index is 4.55. The first-order valence-corrected chi connectivity index (χ1v) is 6.15. The van der Waals surface area contributed by atoms with Crippen LogP contribution in [0, 0.1) is 0 Å². The number of allylic oxidation sites excluding steroid dienone is 4. The van der Waals surface area contributed by atoms with Gasteiger partial charge in [-0.2, -0.15) is 10.1 Å². The van der Waals surface area contributed by atoms with Gasteiger partial charge in [0.1, 0.15) is 25.0 Å². The number of hydrazone groups is 1. The van der Waals surface area contributed by atoms with E-state index in [2.05, 4.69) is 50.3 Å². The summed E-state index contributed by atoms with van der Waals surface area (Å²) in [6, 6.07) is 0. The second-order valence-corrected chi connectivity index (χ2v) is 3.17. The fraction of sp³-hybridized carbons (Fsp3) is 0. The lowest BCUT2D eigenvalue weighted by molar-refractivity contribution is -0.251. The molecule has 122 valence electrons. The number of hydrogen-bond donors (Lipinski definition) is 2. The molecule has 10 heteroatoms. The number of nitrogens with zero attached hydrogens (tertiary/aromatic N) is 3. The van der Waals surface area contributed by atoms with Gasteiger partial charge in [-0.15, -0.1) is 5.59 Å². The topological polar surface area (TPSA) is 112 Å². The summed E-state index contributed by atoms with van der Waals surface area (Å²) in [5, 5.41) is 6.74. The van der Waals surface area contributed by atoms with Gasteiger partial charge in [0.15, 0.2) is 6.39 Å². The van der Waals surface area contributed by atoms with E-state index >= 15 is 0 Å². The SMILES string of the molecule is C1=CNOC=C1.C1=CONN=C1.C1=COON=C1.c1cocn1. The first-order chi connectivity index (χ1) is 11.5. The monoisotopic (exact) mass is 321 g/mol. The molecule has 0 aromatic carbocycles. The highest BCUT2D eigenvalue weighted by atomic mass is 17.3. The Hall–Kier alpha value is -3.69. The van der Waals surface area contributed by atoms with Crippen molar-refractivity contribution in [2.45, 2.75) is 0 Å². The predicted molar refractivity (Wildman–Crippen MR) is 80.7 cm³/mol. The second kappa shape index (κ2) is 14.7. The molecule has 0 radical (unpaired) electrons. The lowest BCUT2D eigenvalue weighted by Crippen LogP contribution is -2.03. The number of rotatable bonds is 0. The summed E-state index contributed by atoms with van der Waals surface area (Å²) in [7, 11) is 0. The molecular formula is C13H15N5O5. The van der Waals surface area contributed by atoms with Crippen LogP contribution in [0.25, 0.3) is 0 Å². The van der Waals surface area contributed by atoms with Gasteiger partial charge in [-0.05, 0) is 29.5 Å². The van der Waals surface area contributed by atoms with Gasteiger partial charge in [-0.3, -0.25) is 4.89 Å². The summed E-state index contributed by atoms with van der Waals surface area (Å²) in [6.07, 6.45) is 20.7. The van der Waals surface area contributed by atoms with Crippen LogP contribution in [0.3, 0.4) is 0 Å². The first kappa shape index (κ1) is 17.4. The van der Waals surface area contributed by atoms with Crippen LogP contribution >= 0.6 is 0 Å². The van der Waals surface area contributed by atoms with Crippen molar-refractivity contribution in [1.29, 1.82) is 0 Å².